The standard InChI is InChI=1S/C17H26O3/c18-12-11-17(20-16-9-5-2-6-10-16)14-19-13-15-7-3-1-4-8-15/h1,3-4,7-8,16-18H,2,5-6,9-14H2. The van der Waals surface area contributed by atoms with E-state index < -0.39 is 0 Å². The van der Waals surface area contributed by atoms with E-state index in [2.05, 4.69) is 12.1 Å². The van der Waals surface area contributed by atoms with Crippen molar-refractivity contribution in [1.82, 2.24) is 0 Å². The highest BCUT2D eigenvalue weighted by Crippen LogP contribution is 2.22. The van der Waals surface area contributed by atoms with E-state index in [1.54, 1.807) is 0 Å². The van der Waals surface area contributed by atoms with Gasteiger partial charge in [-0.15, -0.1) is 0 Å². The molecule has 0 spiro atoms. The zero-order valence-corrected chi connectivity index (χ0v) is 12.2. The van der Waals surface area contributed by atoms with Crippen LogP contribution >= 0.6 is 0 Å². The predicted octanol–water partition coefficient (Wildman–Crippen LogP) is 3.30. The summed E-state index contributed by atoms with van der Waals surface area (Å²) >= 11 is 0. The zero-order chi connectivity index (χ0) is 14.0. The lowest BCUT2D eigenvalue weighted by molar-refractivity contribution is -0.0789. The maximum absolute atomic E-state index is 9.15. The van der Waals surface area contributed by atoms with Crippen LogP contribution in [0.25, 0.3) is 0 Å². The van der Waals surface area contributed by atoms with Crippen LogP contribution < -0.4 is 0 Å². The highest BCUT2D eigenvalue weighted by Gasteiger charge is 2.19. The van der Waals surface area contributed by atoms with E-state index in [0.717, 1.165) is 12.8 Å². The minimum Gasteiger partial charge on any atom is -0.396 e. The van der Waals surface area contributed by atoms with Crippen LogP contribution in [0.5, 0.6) is 0 Å². The van der Waals surface area contributed by atoms with Gasteiger partial charge in [-0.05, 0) is 24.8 Å². The van der Waals surface area contributed by atoms with Gasteiger partial charge >= 0.3 is 0 Å². The Kier molecular flexibility index (Phi) is 7.06. The van der Waals surface area contributed by atoms with Crippen LogP contribution in [-0.2, 0) is 16.1 Å². The SMILES string of the molecule is OCCC(COCc1ccccc1)OC1CCCCC1. The summed E-state index contributed by atoms with van der Waals surface area (Å²) in [4.78, 5) is 0. The molecule has 0 aromatic heterocycles. The van der Waals surface area contributed by atoms with Crippen molar-refractivity contribution >= 4 is 0 Å². The highest BCUT2D eigenvalue weighted by molar-refractivity contribution is 5.13. The molecule has 1 saturated carbocycles. The van der Waals surface area contributed by atoms with Gasteiger partial charge in [0.1, 0.15) is 0 Å². The Hall–Kier alpha value is -0.900. The van der Waals surface area contributed by atoms with Crippen LogP contribution in [0.3, 0.4) is 0 Å². The molecule has 0 heterocycles. The van der Waals surface area contributed by atoms with Gasteiger partial charge in [-0.3, -0.25) is 0 Å². The Labute approximate surface area is 121 Å². The second-order valence-electron chi connectivity index (χ2n) is 5.53. The van der Waals surface area contributed by atoms with Crippen molar-refractivity contribution < 1.29 is 14.6 Å². The molecule has 1 aromatic carbocycles. The van der Waals surface area contributed by atoms with Gasteiger partial charge in [0.05, 0.1) is 25.4 Å². The molecule has 1 aromatic rings. The van der Waals surface area contributed by atoms with Crippen molar-refractivity contribution in [3.8, 4) is 0 Å². The van der Waals surface area contributed by atoms with Crippen molar-refractivity contribution in [3.05, 3.63) is 35.9 Å². The number of ether oxygens (including phenoxy) is 2. The third kappa shape index (κ3) is 5.61. The molecular weight excluding hydrogens is 252 g/mol. The largest absolute Gasteiger partial charge is 0.396 e. The first-order valence-corrected chi connectivity index (χ1v) is 7.76. The Balaban J connectivity index is 1.71. The van der Waals surface area contributed by atoms with E-state index >= 15 is 0 Å². The van der Waals surface area contributed by atoms with Crippen LogP contribution in [0.15, 0.2) is 30.3 Å². The van der Waals surface area contributed by atoms with Crippen LogP contribution in [-0.4, -0.2) is 30.5 Å². The van der Waals surface area contributed by atoms with Crippen molar-refractivity contribution in [2.45, 2.75) is 57.3 Å². The fourth-order valence-corrected chi connectivity index (χ4v) is 2.69. The van der Waals surface area contributed by atoms with Crippen molar-refractivity contribution in [1.29, 1.82) is 0 Å². The molecule has 1 aliphatic carbocycles. The predicted molar refractivity (Wildman–Crippen MR) is 79.5 cm³/mol. The average Bonchev–Trinajstić information content (AvgIpc) is 2.49. The third-order valence-electron chi connectivity index (χ3n) is 3.80. The first-order chi connectivity index (χ1) is 9.88. The number of rotatable bonds is 8. The number of hydrogen-bond acceptors (Lipinski definition) is 3. The molecule has 0 amide bonds. The second-order valence-corrected chi connectivity index (χ2v) is 5.53. The number of aliphatic hydroxyl groups is 1. The Morgan fingerprint density at radius 1 is 1.10 bits per heavy atom. The van der Waals surface area contributed by atoms with E-state index in [0.29, 0.717) is 25.7 Å². The van der Waals surface area contributed by atoms with E-state index in [-0.39, 0.29) is 12.7 Å². The average molecular weight is 278 g/mol. The van der Waals surface area contributed by atoms with Crippen molar-refractivity contribution in [3.63, 3.8) is 0 Å². The summed E-state index contributed by atoms with van der Waals surface area (Å²) in [6, 6.07) is 10.2. The fraction of sp³-hybridized carbons (Fsp3) is 0.647. The minimum atomic E-state index is 0.0202. The number of aliphatic hydroxyl groups excluding tert-OH is 1. The van der Waals surface area contributed by atoms with Gasteiger partial charge in [0.25, 0.3) is 0 Å². The summed E-state index contributed by atoms with van der Waals surface area (Å²) in [6.07, 6.45) is 7.21. The first kappa shape index (κ1) is 15.5. The van der Waals surface area contributed by atoms with Crippen molar-refractivity contribution in [2.24, 2.45) is 0 Å². The van der Waals surface area contributed by atoms with Gasteiger partial charge in [0, 0.05) is 6.61 Å². The van der Waals surface area contributed by atoms with E-state index in [1.165, 1.54) is 24.8 Å². The molecule has 0 bridgehead atoms. The Bertz CT molecular complexity index is 347. The maximum Gasteiger partial charge on any atom is 0.0834 e. The van der Waals surface area contributed by atoms with E-state index in [9.17, 15) is 0 Å². The van der Waals surface area contributed by atoms with Crippen LogP contribution in [0.4, 0.5) is 0 Å². The molecular formula is C17H26O3. The molecule has 1 N–H and O–H groups in total. The van der Waals surface area contributed by atoms with Crippen LogP contribution in [0, 0.1) is 0 Å². The molecule has 1 unspecified atom stereocenters. The topological polar surface area (TPSA) is 38.7 Å². The summed E-state index contributed by atoms with van der Waals surface area (Å²) in [6.45, 7) is 1.33. The maximum atomic E-state index is 9.15. The van der Waals surface area contributed by atoms with Crippen molar-refractivity contribution in [2.75, 3.05) is 13.2 Å². The molecule has 0 radical (unpaired) electrons. The van der Waals surface area contributed by atoms with Crippen LogP contribution in [0.1, 0.15) is 44.1 Å². The molecule has 0 aliphatic heterocycles. The Morgan fingerprint density at radius 3 is 2.55 bits per heavy atom. The number of benzene rings is 1. The third-order valence-corrected chi connectivity index (χ3v) is 3.80. The molecule has 2 rings (SSSR count). The van der Waals surface area contributed by atoms with E-state index in [4.69, 9.17) is 14.6 Å². The lowest BCUT2D eigenvalue weighted by atomic mass is 9.97. The summed E-state index contributed by atoms with van der Waals surface area (Å²) in [7, 11) is 0. The van der Waals surface area contributed by atoms with E-state index in [1.807, 2.05) is 18.2 Å². The molecule has 3 heteroatoms. The van der Waals surface area contributed by atoms with Gasteiger partial charge in [-0.2, -0.15) is 0 Å². The van der Waals surface area contributed by atoms with Crippen LogP contribution in [0.2, 0.25) is 0 Å². The smallest absolute Gasteiger partial charge is 0.0834 e. The lowest BCUT2D eigenvalue weighted by Crippen LogP contribution is -2.28. The van der Waals surface area contributed by atoms with Gasteiger partial charge in [-0.1, -0.05) is 49.6 Å². The van der Waals surface area contributed by atoms with Gasteiger partial charge in [0.2, 0.25) is 0 Å². The molecule has 3 nitrogen and oxygen atoms in total. The van der Waals surface area contributed by atoms with Gasteiger partial charge < -0.3 is 14.6 Å². The molecule has 1 fully saturated rings. The quantitative estimate of drug-likeness (QED) is 0.793. The highest BCUT2D eigenvalue weighted by atomic mass is 16.5. The summed E-state index contributed by atoms with van der Waals surface area (Å²) in [5.74, 6) is 0. The normalized spacial score (nSPS) is 18.1. The monoisotopic (exact) mass is 278 g/mol. The molecule has 1 atom stereocenters. The molecule has 0 saturated heterocycles. The van der Waals surface area contributed by atoms with Gasteiger partial charge in [-0.25, -0.2) is 0 Å². The molecule has 112 valence electrons. The summed E-state index contributed by atoms with van der Waals surface area (Å²) < 4.78 is 11.8. The Morgan fingerprint density at radius 2 is 1.85 bits per heavy atom. The molecule has 1 aliphatic rings. The second kappa shape index (κ2) is 9.11. The molecule has 20 heavy (non-hydrogen) atoms. The summed E-state index contributed by atoms with van der Waals surface area (Å²) in [5.41, 5.74) is 1.17. The zero-order valence-electron chi connectivity index (χ0n) is 12.2. The van der Waals surface area contributed by atoms with Gasteiger partial charge in [0.15, 0.2) is 0 Å². The summed E-state index contributed by atoms with van der Waals surface area (Å²) in [5, 5.41) is 9.15. The fourth-order valence-electron chi connectivity index (χ4n) is 2.69. The number of hydrogen-bond donors (Lipinski definition) is 1. The lowest BCUT2D eigenvalue weighted by Gasteiger charge is -2.27. The first-order valence-electron chi connectivity index (χ1n) is 7.76. The minimum absolute atomic E-state index is 0.0202.